The molecule has 0 aliphatic heterocycles. The number of hydrogen-bond acceptors (Lipinski definition) is 3. The van der Waals surface area contributed by atoms with E-state index in [4.69, 9.17) is 4.74 Å². The van der Waals surface area contributed by atoms with Crippen LogP contribution in [0.5, 0.6) is 5.75 Å². The largest absolute Gasteiger partial charge is 0.497 e. The van der Waals surface area contributed by atoms with Crippen molar-refractivity contribution >= 4 is 21.8 Å². The lowest BCUT2D eigenvalue weighted by molar-refractivity contribution is -0.124. The van der Waals surface area contributed by atoms with Gasteiger partial charge in [-0.15, -0.1) is 0 Å². The highest BCUT2D eigenvalue weighted by Crippen LogP contribution is 2.16. The first kappa shape index (κ1) is 16.5. The van der Waals surface area contributed by atoms with Crippen LogP contribution in [0.4, 0.5) is 0 Å². The number of carbonyl (C=O) groups excluding carboxylic acids is 1. The Labute approximate surface area is 139 Å². The van der Waals surface area contributed by atoms with E-state index in [0.29, 0.717) is 13.0 Å². The Morgan fingerprint density at radius 1 is 1.32 bits per heavy atom. The normalized spacial score (nSPS) is 11.8. The van der Waals surface area contributed by atoms with E-state index in [1.165, 1.54) is 0 Å². The molecule has 22 heavy (non-hydrogen) atoms. The van der Waals surface area contributed by atoms with Crippen molar-refractivity contribution in [3.05, 3.63) is 58.3 Å². The number of methoxy groups -OCH3 is 1. The minimum Gasteiger partial charge on any atom is -0.497 e. The zero-order valence-corrected chi connectivity index (χ0v) is 14.3. The van der Waals surface area contributed by atoms with Gasteiger partial charge in [0.1, 0.15) is 5.75 Å². The van der Waals surface area contributed by atoms with Crippen molar-refractivity contribution in [1.29, 1.82) is 0 Å². The van der Waals surface area contributed by atoms with Gasteiger partial charge in [0.25, 0.3) is 0 Å². The molecule has 1 atom stereocenters. The highest BCUT2D eigenvalue weighted by atomic mass is 79.9. The molecule has 1 amide bonds. The van der Waals surface area contributed by atoms with Crippen molar-refractivity contribution in [2.75, 3.05) is 7.11 Å². The third-order valence-electron chi connectivity index (χ3n) is 3.41. The van der Waals surface area contributed by atoms with Crippen LogP contribution in [0, 0.1) is 5.92 Å². The van der Waals surface area contributed by atoms with Gasteiger partial charge in [-0.3, -0.25) is 9.78 Å². The average molecular weight is 363 g/mol. The topological polar surface area (TPSA) is 51.2 Å². The lowest BCUT2D eigenvalue weighted by atomic mass is 10.0. The van der Waals surface area contributed by atoms with Crippen LogP contribution in [-0.4, -0.2) is 18.0 Å². The summed E-state index contributed by atoms with van der Waals surface area (Å²) in [6, 6.07) is 11.5. The predicted molar refractivity (Wildman–Crippen MR) is 89.6 cm³/mol. The van der Waals surface area contributed by atoms with Gasteiger partial charge < -0.3 is 10.1 Å². The van der Waals surface area contributed by atoms with E-state index >= 15 is 0 Å². The molecule has 0 radical (unpaired) electrons. The van der Waals surface area contributed by atoms with Crippen LogP contribution < -0.4 is 10.1 Å². The molecule has 1 N–H and O–H groups in total. The van der Waals surface area contributed by atoms with Gasteiger partial charge in [-0.25, -0.2) is 0 Å². The molecule has 0 aliphatic rings. The van der Waals surface area contributed by atoms with Gasteiger partial charge in [-0.05, 0) is 52.2 Å². The van der Waals surface area contributed by atoms with E-state index in [1.807, 2.05) is 43.3 Å². The molecular formula is C17H19BrN2O2. The summed E-state index contributed by atoms with van der Waals surface area (Å²) in [4.78, 5) is 16.4. The molecule has 1 heterocycles. The van der Waals surface area contributed by atoms with Crippen LogP contribution in [0.2, 0.25) is 0 Å². The maximum atomic E-state index is 12.2. The Balaban J connectivity index is 1.87. The number of amides is 1. The van der Waals surface area contributed by atoms with Crippen LogP contribution in [0.15, 0.2) is 47.1 Å². The minimum atomic E-state index is -0.101. The van der Waals surface area contributed by atoms with Crippen molar-refractivity contribution in [2.45, 2.75) is 19.9 Å². The van der Waals surface area contributed by atoms with E-state index in [9.17, 15) is 4.79 Å². The summed E-state index contributed by atoms with van der Waals surface area (Å²) >= 11 is 3.43. The van der Waals surface area contributed by atoms with E-state index in [1.54, 1.807) is 13.3 Å². The summed E-state index contributed by atoms with van der Waals surface area (Å²) in [5.74, 6) is 0.741. The molecule has 0 saturated carbocycles. The van der Waals surface area contributed by atoms with Crippen molar-refractivity contribution in [1.82, 2.24) is 10.3 Å². The van der Waals surface area contributed by atoms with Gasteiger partial charge >= 0.3 is 0 Å². The molecule has 2 rings (SSSR count). The number of halogens is 1. The van der Waals surface area contributed by atoms with E-state index in [0.717, 1.165) is 21.5 Å². The Hall–Kier alpha value is -1.88. The molecule has 1 unspecified atom stereocenters. The van der Waals surface area contributed by atoms with E-state index in [-0.39, 0.29) is 11.8 Å². The maximum Gasteiger partial charge on any atom is 0.223 e. The highest BCUT2D eigenvalue weighted by molar-refractivity contribution is 9.10. The van der Waals surface area contributed by atoms with Gasteiger partial charge in [0.2, 0.25) is 5.91 Å². The fraction of sp³-hybridized carbons (Fsp3) is 0.294. The summed E-state index contributed by atoms with van der Waals surface area (Å²) in [7, 11) is 1.64. The second-order valence-electron chi connectivity index (χ2n) is 5.10. The molecule has 4 nitrogen and oxygen atoms in total. The predicted octanol–water partition coefficient (Wildman–Crippen LogP) is 3.35. The summed E-state index contributed by atoms with van der Waals surface area (Å²) in [6.07, 6.45) is 2.41. The zero-order chi connectivity index (χ0) is 15.9. The number of hydrogen-bond donors (Lipinski definition) is 1. The molecule has 1 aromatic heterocycles. The fourth-order valence-electron chi connectivity index (χ4n) is 2.10. The van der Waals surface area contributed by atoms with Crippen molar-refractivity contribution < 1.29 is 9.53 Å². The van der Waals surface area contributed by atoms with Crippen LogP contribution in [0.3, 0.4) is 0 Å². The van der Waals surface area contributed by atoms with E-state index in [2.05, 4.69) is 26.2 Å². The first-order chi connectivity index (χ1) is 10.6. The smallest absolute Gasteiger partial charge is 0.223 e. The minimum absolute atomic E-state index is 0.0216. The number of carbonyl (C=O) groups is 1. The van der Waals surface area contributed by atoms with Gasteiger partial charge in [0.05, 0.1) is 19.3 Å². The Bertz CT molecular complexity index is 629. The summed E-state index contributed by atoms with van der Waals surface area (Å²) in [5.41, 5.74) is 1.94. The van der Waals surface area contributed by atoms with Gasteiger partial charge in [-0.2, -0.15) is 0 Å². The monoisotopic (exact) mass is 362 g/mol. The molecular weight excluding hydrogens is 344 g/mol. The SMILES string of the molecule is COc1ccc(CC(C)C(=O)NCc2ncccc2Br)cc1. The number of ether oxygens (including phenoxy) is 1. The first-order valence-electron chi connectivity index (χ1n) is 7.10. The third kappa shape index (κ3) is 4.56. The summed E-state index contributed by atoms with van der Waals surface area (Å²) < 4.78 is 6.03. The number of rotatable bonds is 6. The van der Waals surface area contributed by atoms with Crippen LogP contribution in [-0.2, 0) is 17.8 Å². The van der Waals surface area contributed by atoms with Gasteiger partial charge in [0.15, 0.2) is 0 Å². The lowest BCUT2D eigenvalue weighted by Crippen LogP contribution is -2.30. The van der Waals surface area contributed by atoms with E-state index < -0.39 is 0 Å². The second kappa shape index (κ2) is 7.94. The summed E-state index contributed by atoms with van der Waals surface area (Å²) in [5, 5.41) is 2.93. The second-order valence-corrected chi connectivity index (χ2v) is 5.96. The number of benzene rings is 1. The van der Waals surface area contributed by atoms with Gasteiger partial charge in [0, 0.05) is 16.6 Å². The summed E-state index contributed by atoms with van der Waals surface area (Å²) in [6.45, 7) is 2.35. The number of aromatic nitrogens is 1. The molecule has 0 saturated heterocycles. The Morgan fingerprint density at radius 2 is 2.05 bits per heavy atom. The van der Waals surface area contributed by atoms with Crippen LogP contribution in [0.25, 0.3) is 0 Å². The quantitative estimate of drug-likeness (QED) is 0.857. The molecule has 116 valence electrons. The molecule has 2 aromatic rings. The highest BCUT2D eigenvalue weighted by Gasteiger charge is 2.14. The standard InChI is InChI=1S/C17H19BrN2O2/c1-12(10-13-5-7-14(22-2)8-6-13)17(21)20-11-16-15(18)4-3-9-19-16/h3-9,12H,10-11H2,1-2H3,(H,20,21). The van der Waals surface area contributed by atoms with Crippen molar-refractivity contribution in [3.63, 3.8) is 0 Å². The number of pyridine rings is 1. The molecule has 1 aromatic carbocycles. The molecule has 0 fully saturated rings. The molecule has 0 bridgehead atoms. The number of nitrogens with zero attached hydrogens (tertiary/aromatic N) is 1. The first-order valence-corrected chi connectivity index (χ1v) is 7.89. The van der Waals surface area contributed by atoms with Crippen molar-refractivity contribution in [3.8, 4) is 5.75 Å². The molecule has 5 heteroatoms. The van der Waals surface area contributed by atoms with Crippen LogP contribution >= 0.6 is 15.9 Å². The Kier molecular flexibility index (Phi) is 5.95. The fourth-order valence-corrected chi connectivity index (χ4v) is 2.50. The van der Waals surface area contributed by atoms with Crippen molar-refractivity contribution in [2.24, 2.45) is 5.92 Å². The van der Waals surface area contributed by atoms with Crippen LogP contribution in [0.1, 0.15) is 18.2 Å². The average Bonchev–Trinajstić information content (AvgIpc) is 2.54. The lowest BCUT2D eigenvalue weighted by Gasteiger charge is -2.13. The number of nitrogens with one attached hydrogen (secondary N) is 1. The third-order valence-corrected chi connectivity index (χ3v) is 4.14. The maximum absolute atomic E-state index is 12.2. The molecule has 0 spiro atoms. The van der Waals surface area contributed by atoms with Gasteiger partial charge in [-0.1, -0.05) is 19.1 Å². The molecule has 0 aliphatic carbocycles. The Morgan fingerprint density at radius 3 is 2.68 bits per heavy atom. The zero-order valence-electron chi connectivity index (χ0n) is 12.7.